The Labute approximate surface area is 212 Å². The summed E-state index contributed by atoms with van der Waals surface area (Å²) >= 11 is 6.10. The fourth-order valence-electron chi connectivity index (χ4n) is 3.98. The zero-order valence-corrected chi connectivity index (χ0v) is 20.7. The molecule has 10 heteroatoms. The lowest BCUT2D eigenvalue weighted by Gasteiger charge is -2.10. The van der Waals surface area contributed by atoms with E-state index >= 15 is 0 Å². The predicted molar refractivity (Wildman–Crippen MR) is 136 cm³/mol. The number of carbonyl (C=O) groups is 1. The van der Waals surface area contributed by atoms with Crippen molar-refractivity contribution < 1.29 is 14.3 Å². The summed E-state index contributed by atoms with van der Waals surface area (Å²) < 4.78 is 13.8. The number of hydrogen-bond donors (Lipinski definition) is 0. The number of methoxy groups -OCH3 is 1. The van der Waals surface area contributed by atoms with E-state index in [4.69, 9.17) is 21.1 Å². The summed E-state index contributed by atoms with van der Waals surface area (Å²) in [5, 5.41) is 9.43. The molecular formula is C26H23ClN6O3. The van der Waals surface area contributed by atoms with Crippen molar-refractivity contribution in [2.75, 3.05) is 13.7 Å². The van der Waals surface area contributed by atoms with Gasteiger partial charge in [0, 0.05) is 11.2 Å². The SMILES string of the molecule is CCOC(=O)c1cnn(-c2nc(OC)c3c(cnn3Cc3ccc(-c4ccc(Cl)cc4C)cc3)n2)c1. The summed E-state index contributed by atoms with van der Waals surface area (Å²) in [6.07, 6.45) is 4.59. The van der Waals surface area contributed by atoms with Gasteiger partial charge in [0.2, 0.25) is 5.88 Å². The number of hydrogen-bond acceptors (Lipinski definition) is 7. The first-order chi connectivity index (χ1) is 17.5. The fourth-order valence-corrected chi connectivity index (χ4v) is 4.21. The minimum atomic E-state index is -0.457. The van der Waals surface area contributed by atoms with Crippen molar-refractivity contribution >= 4 is 28.6 Å². The lowest BCUT2D eigenvalue weighted by atomic mass is 9.99. The van der Waals surface area contributed by atoms with Crippen molar-refractivity contribution in [3.8, 4) is 23.0 Å². The third kappa shape index (κ3) is 4.52. The molecule has 0 bridgehead atoms. The van der Waals surface area contributed by atoms with Gasteiger partial charge in [-0.25, -0.2) is 14.5 Å². The van der Waals surface area contributed by atoms with Gasteiger partial charge in [-0.1, -0.05) is 41.9 Å². The second-order valence-electron chi connectivity index (χ2n) is 8.12. The van der Waals surface area contributed by atoms with Crippen LogP contribution >= 0.6 is 11.6 Å². The molecule has 5 aromatic rings. The number of rotatable bonds is 7. The molecule has 0 spiro atoms. The van der Waals surface area contributed by atoms with Crippen LogP contribution in [0, 0.1) is 6.92 Å². The molecule has 0 unspecified atom stereocenters. The highest BCUT2D eigenvalue weighted by molar-refractivity contribution is 6.30. The second kappa shape index (κ2) is 9.79. The molecule has 0 aliphatic rings. The lowest BCUT2D eigenvalue weighted by molar-refractivity contribution is 0.0526. The molecule has 0 aliphatic heterocycles. The molecular weight excluding hydrogens is 480 g/mol. The highest BCUT2D eigenvalue weighted by Crippen LogP contribution is 2.28. The van der Waals surface area contributed by atoms with E-state index < -0.39 is 5.97 Å². The maximum atomic E-state index is 12.0. The standard InChI is InChI=1S/C26H23ClN6O3/c1-4-36-25(34)19-12-28-33(15-19)26-30-22-13-29-32(23(22)24(31-26)35-3)14-17-5-7-18(8-6-17)21-10-9-20(27)11-16(21)2/h5-13,15H,4,14H2,1-3H3. The molecule has 9 nitrogen and oxygen atoms in total. The Balaban J connectivity index is 1.43. The molecule has 0 fully saturated rings. The first-order valence-electron chi connectivity index (χ1n) is 11.3. The maximum Gasteiger partial charge on any atom is 0.341 e. The van der Waals surface area contributed by atoms with E-state index in [0.717, 1.165) is 27.3 Å². The van der Waals surface area contributed by atoms with E-state index in [-0.39, 0.29) is 12.6 Å². The Morgan fingerprint density at radius 1 is 1.06 bits per heavy atom. The quantitative estimate of drug-likeness (QED) is 0.293. The second-order valence-corrected chi connectivity index (χ2v) is 8.56. The Morgan fingerprint density at radius 3 is 2.58 bits per heavy atom. The lowest BCUT2D eigenvalue weighted by Crippen LogP contribution is -2.07. The topological polar surface area (TPSA) is 97.0 Å². The van der Waals surface area contributed by atoms with E-state index in [1.807, 2.05) is 25.1 Å². The van der Waals surface area contributed by atoms with Crippen LogP contribution < -0.4 is 4.74 Å². The molecule has 2 aromatic carbocycles. The molecule has 0 atom stereocenters. The third-order valence-electron chi connectivity index (χ3n) is 5.72. The van der Waals surface area contributed by atoms with E-state index in [2.05, 4.69) is 44.4 Å². The van der Waals surface area contributed by atoms with Crippen molar-refractivity contribution in [2.45, 2.75) is 20.4 Å². The Kier molecular flexibility index (Phi) is 6.39. The number of ether oxygens (including phenoxy) is 2. The van der Waals surface area contributed by atoms with Gasteiger partial charge in [0.15, 0.2) is 0 Å². The highest BCUT2D eigenvalue weighted by Gasteiger charge is 2.18. The van der Waals surface area contributed by atoms with Gasteiger partial charge < -0.3 is 9.47 Å². The number of carbonyl (C=O) groups excluding carboxylic acids is 1. The molecule has 5 rings (SSSR count). The van der Waals surface area contributed by atoms with Crippen LogP contribution in [0.3, 0.4) is 0 Å². The smallest absolute Gasteiger partial charge is 0.341 e. The van der Waals surface area contributed by atoms with Crippen LogP contribution in [-0.2, 0) is 11.3 Å². The van der Waals surface area contributed by atoms with E-state index in [1.54, 1.807) is 24.9 Å². The molecule has 0 saturated carbocycles. The van der Waals surface area contributed by atoms with Gasteiger partial charge in [-0.3, -0.25) is 4.68 Å². The Bertz CT molecular complexity index is 1560. The zero-order valence-electron chi connectivity index (χ0n) is 20.0. The number of fused-ring (bicyclic) bond motifs is 1. The summed E-state index contributed by atoms with van der Waals surface area (Å²) in [5.74, 6) is 0.160. The highest BCUT2D eigenvalue weighted by atomic mass is 35.5. The van der Waals surface area contributed by atoms with Gasteiger partial charge in [0.05, 0.1) is 38.2 Å². The van der Waals surface area contributed by atoms with Crippen LogP contribution in [0.1, 0.15) is 28.4 Å². The van der Waals surface area contributed by atoms with E-state index in [9.17, 15) is 4.79 Å². The normalized spacial score (nSPS) is 11.1. The van der Waals surface area contributed by atoms with Gasteiger partial charge in [-0.15, -0.1) is 0 Å². The number of esters is 1. The zero-order chi connectivity index (χ0) is 25.2. The van der Waals surface area contributed by atoms with Crippen LogP contribution in [0.25, 0.3) is 28.1 Å². The van der Waals surface area contributed by atoms with Crippen LogP contribution in [0.2, 0.25) is 5.02 Å². The molecule has 182 valence electrons. The van der Waals surface area contributed by atoms with E-state index in [0.29, 0.717) is 29.0 Å². The summed E-state index contributed by atoms with van der Waals surface area (Å²) in [4.78, 5) is 21.0. The molecule has 3 heterocycles. The van der Waals surface area contributed by atoms with E-state index in [1.165, 1.54) is 17.1 Å². The monoisotopic (exact) mass is 502 g/mol. The molecule has 36 heavy (non-hydrogen) atoms. The first kappa shape index (κ1) is 23.5. The summed E-state index contributed by atoms with van der Waals surface area (Å²) in [5.41, 5.74) is 6.01. The number of benzene rings is 2. The van der Waals surface area contributed by atoms with Gasteiger partial charge >= 0.3 is 5.97 Å². The van der Waals surface area contributed by atoms with Crippen LogP contribution in [0.5, 0.6) is 5.88 Å². The predicted octanol–water partition coefficient (Wildman–Crippen LogP) is 4.87. The van der Waals surface area contributed by atoms with Crippen molar-refractivity contribution in [3.63, 3.8) is 0 Å². The molecule has 0 aliphatic carbocycles. The summed E-state index contributed by atoms with van der Waals surface area (Å²) in [6.45, 7) is 4.59. The molecule has 0 radical (unpaired) electrons. The third-order valence-corrected chi connectivity index (χ3v) is 5.96. The molecule has 3 aromatic heterocycles. The van der Waals surface area contributed by atoms with Crippen LogP contribution in [-0.4, -0.2) is 49.2 Å². The van der Waals surface area contributed by atoms with Gasteiger partial charge in [0.1, 0.15) is 11.0 Å². The molecule has 0 amide bonds. The van der Waals surface area contributed by atoms with Crippen molar-refractivity contribution in [1.29, 1.82) is 0 Å². The minimum absolute atomic E-state index is 0.261. The summed E-state index contributed by atoms with van der Waals surface area (Å²) in [7, 11) is 1.54. The average Bonchev–Trinajstić information content (AvgIpc) is 3.52. The van der Waals surface area contributed by atoms with Crippen molar-refractivity contribution in [1.82, 2.24) is 29.5 Å². The first-order valence-corrected chi connectivity index (χ1v) is 11.7. The minimum Gasteiger partial charge on any atom is -0.479 e. The average molecular weight is 503 g/mol. The van der Waals surface area contributed by atoms with Crippen molar-refractivity contribution in [3.05, 3.63) is 82.8 Å². The largest absolute Gasteiger partial charge is 0.479 e. The Hall–Kier alpha value is -4.24. The number of nitrogens with zero attached hydrogens (tertiary/aromatic N) is 6. The maximum absolute atomic E-state index is 12.0. The van der Waals surface area contributed by atoms with Crippen LogP contribution in [0.4, 0.5) is 0 Å². The molecule has 0 N–H and O–H groups in total. The number of aromatic nitrogens is 6. The summed E-state index contributed by atoms with van der Waals surface area (Å²) in [6, 6.07) is 14.2. The number of halogens is 1. The van der Waals surface area contributed by atoms with Gasteiger partial charge in [-0.2, -0.15) is 15.2 Å². The fraction of sp³-hybridized carbons (Fsp3) is 0.192. The molecule has 0 saturated heterocycles. The van der Waals surface area contributed by atoms with Crippen molar-refractivity contribution in [2.24, 2.45) is 0 Å². The van der Waals surface area contributed by atoms with Gasteiger partial charge in [-0.05, 0) is 48.2 Å². The number of aryl methyl sites for hydroxylation is 1. The van der Waals surface area contributed by atoms with Gasteiger partial charge in [0.25, 0.3) is 5.95 Å². The van der Waals surface area contributed by atoms with Crippen LogP contribution in [0.15, 0.2) is 61.1 Å². The Morgan fingerprint density at radius 2 is 1.86 bits per heavy atom.